The normalized spacial score (nSPS) is 15.1. The van der Waals surface area contributed by atoms with Crippen LogP contribution in [0.15, 0.2) is 124 Å². The van der Waals surface area contributed by atoms with Crippen molar-refractivity contribution in [3.63, 3.8) is 0 Å². The number of rotatable bonds is 5. The lowest BCUT2D eigenvalue weighted by molar-refractivity contribution is 0.218. The smallest absolute Gasteiger partial charge is 0.306 e. The Labute approximate surface area is 208 Å². The quantitative estimate of drug-likeness (QED) is 0.319. The molecule has 0 fully saturated rings. The molecule has 34 heavy (non-hydrogen) atoms. The molecule has 0 aliphatic carbocycles. The lowest BCUT2D eigenvalue weighted by atomic mass is 9.91. The molecule has 4 nitrogen and oxygen atoms in total. The highest BCUT2D eigenvalue weighted by molar-refractivity contribution is 7.99. The zero-order valence-electron chi connectivity index (χ0n) is 18.3. The van der Waals surface area contributed by atoms with Crippen molar-refractivity contribution in [2.24, 2.45) is 5.10 Å². The van der Waals surface area contributed by atoms with E-state index in [1.807, 2.05) is 84.9 Å². The molecule has 0 radical (unpaired) electrons. The number of hydrogen-bond acceptors (Lipinski definition) is 3. The maximum absolute atomic E-state index is 13.1. The van der Waals surface area contributed by atoms with Crippen LogP contribution in [-0.4, -0.2) is 23.3 Å². The molecule has 6 heteroatoms. The number of carbonyl (C=O) groups excluding carboxylic acids is 1. The van der Waals surface area contributed by atoms with Gasteiger partial charge in [-0.05, 0) is 59.7 Å². The van der Waals surface area contributed by atoms with Crippen LogP contribution < -0.4 is 5.32 Å². The Balaban J connectivity index is 1.32. The first-order valence-electron chi connectivity index (χ1n) is 11.0. The molecule has 0 saturated carbocycles. The maximum Gasteiger partial charge on any atom is 0.342 e. The number of hydrogen-bond donors (Lipinski definition) is 1. The fourth-order valence-corrected chi connectivity index (χ4v) is 4.84. The largest absolute Gasteiger partial charge is 0.342 e. The van der Waals surface area contributed by atoms with Crippen LogP contribution in [0.3, 0.4) is 0 Å². The number of benzene rings is 4. The first-order chi connectivity index (χ1) is 16.7. The van der Waals surface area contributed by atoms with Gasteiger partial charge in [-0.1, -0.05) is 84.0 Å². The summed E-state index contributed by atoms with van der Waals surface area (Å²) in [6, 6.07) is 35.5. The van der Waals surface area contributed by atoms with Gasteiger partial charge in [-0.25, -0.2) is 9.80 Å². The van der Waals surface area contributed by atoms with Crippen molar-refractivity contribution in [1.82, 2.24) is 5.01 Å². The van der Waals surface area contributed by atoms with E-state index in [0.29, 0.717) is 11.6 Å². The van der Waals surface area contributed by atoms with Crippen molar-refractivity contribution >= 4 is 40.8 Å². The zero-order chi connectivity index (χ0) is 23.3. The topological polar surface area (TPSA) is 44.7 Å². The maximum atomic E-state index is 13.1. The minimum absolute atomic E-state index is 0.0160. The molecule has 0 unspecified atom stereocenters. The molecule has 1 atom stereocenters. The highest BCUT2D eigenvalue weighted by Gasteiger charge is 2.32. The second kappa shape index (κ2) is 10.2. The van der Waals surface area contributed by atoms with Crippen LogP contribution in [0.4, 0.5) is 10.5 Å². The Hall–Kier alpha value is -3.54. The molecular weight excluding hydrogens is 462 g/mol. The van der Waals surface area contributed by atoms with Crippen LogP contribution in [0.25, 0.3) is 0 Å². The second-order valence-corrected chi connectivity index (χ2v) is 9.49. The van der Waals surface area contributed by atoms with E-state index in [-0.39, 0.29) is 11.9 Å². The van der Waals surface area contributed by atoms with Crippen LogP contribution in [0, 0.1) is 0 Å². The Bertz CT molecular complexity index is 1290. The van der Waals surface area contributed by atoms with Crippen molar-refractivity contribution in [3.8, 4) is 0 Å². The third kappa shape index (κ3) is 5.16. The number of carbonyl (C=O) groups is 1. The molecule has 1 heterocycles. The summed E-state index contributed by atoms with van der Waals surface area (Å²) < 4.78 is 0. The Morgan fingerprint density at radius 3 is 2.12 bits per heavy atom. The Morgan fingerprint density at radius 2 is 1.44 bits per heavy atom. The first kappa shape index (κ1) is 22.3. The van der Waals surface area contributed by atoms with Crippen molar-refractivity contribution in [2.45, 2.75) is 15.7 Å². The molecule has 5 rings (SSSR count). The minimum atomic E-state index is -0.256. The first-order valence-corrected chi connectivity index (χ1v) is 12.2. The van der Waals surface area contributed by atoms with Gasteiger partial charge in [0.15, 0.2) is 0 Å². The van der Waals surface area contributed by atoms with Gasteiger partial charge in [-0.15, -0.1) is 0 Å². The monoisotopic (exact) mass is 483 g/mol. The van der Waals surface area contributed by atoms with Gasteiger partial charge in [-0.2, -0.15) is 5.10 Å². The molecule has 168 valence electrons. The van der Waals surface area contributed by atoms with E-state index < -0.39 is 0 Å². The van der Waals surface area contributed by atoms with E-state index in [1.54, 1.807) is 11.8 Å². The van der Waals surface area contributed by atoms with E-state index >= 15 is 0 Å². The van der Waals surface area contributed by atoms with Crippen LogP contribution in [-0.2, 0) is 0 Å². The Morgan fingerprint density at radius 1 is 0.824 bits per heavy atom. The molecule has 1 aliphatic heterocycles. The molecule has 1 aliphatic rings. The van der Waals surface area contributed by atoms with Crippen molar-refractivity contribution in [3.05, 3.63) is 125 Å². The molecule has 0 bridgehead atoms. The van der Waals surface area contributed by atoms with Crippen LogP contribution in [0.2, 0.25) is 5.02 Å². The van der Waals surface area contributed by atoms with Gasteiger partial charge in [0.1, 0.15) is 0 Å². The highest BCUT2D eigenvalue weighted by Crippen LogP contribution is 2.31. The lowest BCUT2D eigenvalue weighted by Gasteiger charge is -2.16. The fraction of sp³-hybridized carbons (Fsp3) is 0.0714. The van der Waals surface area contributed by atoms with E-state index in [1.165, 1.54) is 9.90 Å². The number of nitrogens with one attached hydrogen (secondary N) is 1. The molecular formula is C28H22ClN3OS. The molecule has 0 saturated heterocycles. The number of amides is 2. The second-order valence-electron chi connectivity index (χ2n) is 7.91. The Kier molecular flexibility index (Phi) is 6.65. The van der Waals surface area contributed by atoms with Crippen molar-refractivity contribution < 1.29 is 4.79 Å². The van der Waals surface area contributed by atoms with Gasteiger partial charge in [-0.3, -0.25) is 0 Å². The summed E-state index contributed by atoms with van der Waals surface area (Å²) in [5.74, 6) is -0.0160. The number of halogens is 1. The fourth-order valence-electron chi connectivity index (χ4n) is 3.88. The number of urea groups is 1. The van der Waals surface area contributed by atoms with Gasteiger partial charge >= 0.3 is 6.03 Å². The van der Waals surface area contributed by atoms with Gasteiger partial charge in [0.25, 0.3) is 0 Å². The summed E-state index contributed by atoms with van der Waals surface area (Å²) in [5, 5.41) is 9.86. The summed E-state index contributed by atoms with van der Waals surface area (Å²) in [6.45, 7) is 0.468. The minimum Gasteiger partial charge on any atom is -0.306 e. The third-order valence-electron chi connectivity index (χ3n) is 5.57. The van der Waals surface area contributed by atoms with Gasteiger partial charge in [0, 0.05) is 26.4 Å². The molecule has 4 aromatic rings. The SMILES string of the molecule is O=C(Nc1ccc(Sc2ccccc2)cc1)N1C[C@@H](c2ccccc2)C(c2ccc(Cl)cc2)=N1. The van der Waals surface area contributed by atoms with E-state index in [0.717, 1.165) is 27.4 Å². The summed E-state index contributed by atoms with van der Waals surface area (Å²) in [6.07, 6.45) is 0. The molecule has 0 spiro atoms. The van der Waals surface area contributed by atoms with Crippen molar-refractivity contribution in [2.75, 3.05) is 11.9 Å². The predicted molar refractivity (Wildman–Crippen MR) is 140 cm³/mol. The number of hydrazone groups is 1. The summed E-state index contributed by atoms with van der Waals surface area (Å²) in [5.41, 5.74) is 3.66. The molecule has 0 aromatic heterocycles. The van der Waals surface area contributed by atoms with Gasteiger partial charge in [0.2, 0.25) is 0 Å². The van der Waals surface area contributed by atoms with E-state index in [2.05, 4.69) is 29.6 Å². The summed E-state index contributed by atoms with van der Waals surface area (Å²) in [4.78, 5) is 15.4. The van der Waals surface area contributed by atoms with E-state index in [9.17, 15) is 4.79 Å². The third-order valence-corrected chi connectivity index (χ3v) is 6.84. The van der Waals surface area contributed by atoms with Gasteiger partial charge in [0.05, 0.1) is 12.3 Å². The van der Waals surface area contributed by atoms with Crippen molar-refractivity contribution in [1.29, 1.82) is 0 Å². The van der Waals surface area contributed by atoms with Crippen LogP contribution >= 0.6 is 23.4 Å². The predicted octanol–water partition coefficient (Wildman–Crippen LogP) is 7.53. The van der Waals surface area contributed by atoms with E-state index in [4.69, 9.17) is 16.7 Å². The molecule has 4 aromatic carbocycles. The van der Waals surface area contributed by atoms with Crippen LogP contribution in [0.5, 0.6) is 0 Å². The van der Waals surface area contributed by atoms with Gasteiger partial charge < -0.3 is 5.32 Å². The number of anilines is 1. The molecule has 2 amide bonds. The number of nitrogens with zero attached hydrogens (tertiary/aromatic N) is 2. The zero-order valence-corrected chi connectivity index (χ0v) is 19.8. The average molecular weight is 484 g/mol. The summed E-state index contributed by atoms with van der Waals surface area (Å²) in [7, 11) is 0. The lowest BCUT2D eigenvalue weighted by Crippen LogP contribution is -2.30. The average Bonchev–Trinajstić information content (AvgIpc) is 3.33. The highest BCUT2D eigenvalue weighted by atomic mass is 35.5. The summed E-state index contributed by atoms with van der Waals surface area (Å²) >= 11 is 7.76. The molecule has 1 N–H and O–H groups in total. The standard InChI is InChI=1S/C28H22ClN3OS/c29-22-13-11-21(12-14-22)27-26(20-7-3-1-4-8-20)19-32(31-27)28(33)30-23-15-17-25(18-16-23)34-24-9-5-2-6-10-24/h1-18,26H,19H2,(H,30,33)/t26-/m0/s1. The van der Waals surface area contributed by atoms with Crippen LogP contribution in [0.1, 0.15) is 17.0 Å².